The molecule has 0 aromatic carbocycles. The lowest BCUT2D eigenvalue weighted by molar-refractivity contribution is 0.160. The first-order valence-corrected chi connectivity index (χ1v) is 8.61. The summed E-state index contributed by atoms with van der Waals surface area (Å²) in [7, 11) is 0. The van der Waals surface area contributed by atoms with Crippen molar-refractivity contribution in [3.05, 3.63) is 62.2 Å². The third-order valence-electron chi connectivity index (χ3n) is 5.89. The van der Waals surface area contributed by atoms with Crippen LogP contribution >= 0.6 is 0 Å². The number of hydrogen-bond donors (Lipinski definition) is 0. The van der Waals surface area contributed by atoms with E-state index in [0.717, 1.165) is 0 Å². The van der Waals surface area contributed by atoms with E-state index in [1.165, 1.54) is 23.7 Å². The van der Waals surface area contributed by atoms with Crippen LogP contribution in [-0.4, -0.2) is 0 Å². The van der Waals surface area contributed by atoms with Gasteiger partial charge in [0.05, 0.1) is 0 Å². The molecular formula is C22H32. The van der Waals surface area contributed by atoms with E-state index < -0.39 is 0 Å². The molecule has 0 N–H and O–H groups in total. The smallest absolute Gasteiger partial charge is 0.0102 e. The van der Waals surface area contributed by atoms with E-state index in [1.54, 1.807) is 0 Å². The van der Waals surface area contributed by atoms with Crippen molar-refractivity contribution < 1.29 is 0 Å². The highest BCUT2D eigenvalue weighted by Gasteiger charge is 2.52. The van der Waals surface area contributed by atoms with Crippen LogP contribution in [0.5, 0.6) is 0 Å². The van der Waals surface area contributed by atoms with Gasteiger partial charge in [0.15, 0.2) is 0 Å². The fraction of sp³-hybridized carbons (Fsp3) is 0.545. The predicted molar refractivity (Wildman–Crippen MR) is 96.0 cm³/mol. The number of hydrogen-bond acceptors (Lipinski definition) is 0. The molecule has 0 heteroatoms. The molecule has 0 aromatic heterocycles. The Morgan fingerprint density at radius 3 is 1.14 bits per heavy atom. The van der Waals surface area contributed by atoms with Crippen LogP contribution in [0.25, 0.3) is 0 Å². The summed E-state index contributed by atoms with van der Waals surface area (Å²) in [6, 6.07) is 0. The van der Waals surface area contributed by atoms with E-state index in [1.807, 2.05) is 0 Å². The van der Waals surface area contributed by atoms with Crippen molar-refractivity contribution >= 4 is 0 Å². The summed E-state index contributed by atoms with van der Waals surface area (Å²) in [5.74, 6) is 6.99. The average molecular weight is 296 g/mol. The lowest BCUT2D eigenvalue weighted by atomic mass is 9.55. The summed E-state index contributed by atoms with van der Waals surface area (Å²) in [6.07, 6.45) is 14.0. The molecule has 2 fully saturated rings. The quantitative estimate of drug-likeness (QED) is 0.592. The average Bonchev–Trinajstić information content (AvgIpc) is 3.08. The van der Waals surface area contributed by atoms with E-state index in [2.05, 4.69) is 93.9 Å². The second-order valence-corrected chi connectivity index (χ2v) is 8.43. The van der Waals surface area contributed by atoms with Crippen molar-refractivity contribution in [2.45, 2.75) is 55.4 Å². The van der Waals surface area contributed by atoms with Gasteiger partial charge in [-0.25, -0.2) is 0 Å². The fourth-order valence-corrected chi connectivity index (χ4v) is 3.14. The Balaban J connectivity index is 2.07. The molecule has 0 unspecified atom stereocenters. The van der Waals surface area contributed by atoms with Crippen molar-refractivity contribution in [3.63, 3.8) is 0 Å². The molecule has 0 atom stereocenters. The lowest BCUT2D eigenvalue weighted by Crippen LogP contribution is -2.41. The van der Waals surface area contributed by atoms with Gasteiger partial charge < -0.3 is 0 Å². The topological polar surface area (TPSA) is 0 Å². The molecule has 0 nitrogen and oxygen atoms in total. The van der Waals surface area contributed by atoms with E-state index in [0.29, 0.717) is 11.8 Å². The molecule has 120 valence electrons. The summed E-state index contributed by atoms with van der Waals surface area (Å²) >= 11 is 0. The minimum Gasteiger partial charge on any atom is -0.0622 e. The molecule has 2 aliphatic carbocycles. The summed E-state index contributed by atoms with van der Waals surface area (Å²) in [5.41, 5.74) is 0.200. The molecule has 22 heavy (non-hydrogen) atoms. The zero-order valence-corrected chi connectivity index (χ0v) is 15.6. The van der Waals surface area contributed by atoms with Crippen LogP contribution < -0.4 is 0 Å². The monoisotopic (exact) mass is 296 g/mol. The van der Waals surface area contributed by atoms with Crippen LogP contribution in [-0.2, 0) is 0 Å². The van der Waals surface area contributed by atoms with Crippen LogP contribution in [0.15, 0.2) is 0 Å². The van der Waals surface area contributed by atoms with Gasteiger partial charge in [0.2, 0.25) is 0 Å². The van der Waals surface area contributed by atoms with Gasteiger partial charge in [0.1, 0.15) is 0 Å². The molecule has 0 amide bonds. The zero-order chi connectivity index (χ0) is 16.7. The molecule has 0 bridgehead atoms. The third-order valence-corrected chi connectivity index (χ3v) is 5.89. The predicted octanol–water partition coefficient (Wildman–Crippen LogP) is 5.90. The summed E-state index contributed by atoms with van der Waals surface area (Å²) in [5, 5.41) is 0. The lowest BCUT2D eigenvalue weighted by Gasteiger charge is -2.49. The van der Waals surface area contributed by atoms with Gasteiger partial charge in [-0.2, -0.15) is 0 Å². The SMILES string of the molecule is CC(C)[C]1[CH][CH][C](C(C)(C)C(C)(C)[C]2[CH][CH][C](C(C)C)[CH]2)[CH]1. The molecule has 0 saturated heterocycles. The first-order chi connectivity index (χ1) is 10.1. The Hall–Kier alpha value is 0. The third kappa shape index (κ3) is 3.27. The van der Waals surface area contributed by atoms with Crippen LogP contribution in [0.2, 0.25) is 0 Å². The van der Waals surface area contributed by atoms with Crippen LogP contribution in [0, 0.1) is 84.9 Å². The molecular weight excluding hydrogens is 264 g/mol. The van der Waals surface area contributed by atoms with Gasteiger partial charge in [-0.3, -0.25) is 0 Å². The first kappa shape index (κ1) is 18.3. The molecule has 2 aliphatic rings. The summed E-state index contributed by atoms with van der Waals surface area (Å²) in [6.45, 7) is 18.6. The molecule has 0 heterocycles. The number of rotatable bonds is 5. The normalized spacial score (nSPS) is 24.3. The fourth-order valence-electron chi connectivity index (χ4n) is 3.14. The molecule has 2 saturated carbocycles. The van der Waals surface area contributed by atoms with Gasteiger partial charge in [-0.1, -0.05) is 55.4 Å². The van der Waals surface area contributed by atoms with Gasteiger partial charge >= 0.3 is 0 Å². The van der Waals surface area contributed by atoms with Gasteiger partial charge in [0.25, 0.3) is 0 Å². The minimum absolute atomic E-state index is 0.0999. The molecule has 2 rings (SSSR count). The molecule has 0 spiro atoms. The Bertz CT molecular complexity index is 324. The van der Waals surface area contributed by atoms with Gasteiger partial charge in [-0.15, -0.1) is 0 Å². The maximum absolute atomic E-state index is 2.40. The molecule has 0 aliphatic heterocycles. The zero-order valence-electron chi connectivity index (χ0n) is 15.6. The van der Waals surface area contributed by atoms with E-state index in [4.69, 9.17) is 0 Å². The van der Waals surface area contributed by atoms with E-state index >= 15 is 0 Å². The molecule has 0 aromatic rings. The maximum Gasteiger partial charge on any atom is -0.0102 e. The van der Waals surface area contributed by atoms with Crippen molar-refractivity contribution in [3.8, 4) is 0 Å². The van der Waals surface area contributed by atoms with Crippen LogP contribution in [0.4, 0.5) is 0 Å². The Morgan fingerprint density at radius 2 is 0.909 bits per heavy atom. The van der Waals surface area contributed by atoms with Crippen molar-refractivity contribution in [1.82, 2.24) is 0 Å². The minimum atomic E-state index is 0.0999. The standard InChI is InChI=1S/C22H32/c1-15(2)17-9-11-19(13-17)21(5,6)22(7,8)20-12-10-18(14-20)16(3)4/h9-16H,1-8H3. The second-order valence-electron chi connectivity index (χ2n) is 8.43. The highest BCUT2D eigenvalue weighted by atomic mass is 14.6. The molecule has 10 radical (unpaired) electrons. The van der Waals surface area contributed by atoms with E-state index in [-0.39, 0.29) is 10.8 Å². The van der Waals surface area contributed by atoms with Crippen LogP contribution in [0.1, 0.15) is 55.4 Å². The summed E-state index contributed by atoms with van der Waals surface area (Å²) in [4.78, 5) is 0. The van der Waals surface area contributed by atoms with E-state index in [9.17, 15) is 0 Å². The Kier molecular flexibility index (Phi) is 5.40. The van der Waals surface area contributed by atoms with Crippen molar-refractivity contribution in [2.75, 3.05) is 0 Å². The summed E-state index contributed by atoms with van der Waals surface area (Å²) < 4.78 is 0. The second kappa shape index (κ2) is 6.48. The Labute approximate surface area is 140 Å². The first-order valence-electron chi connectivity index (χ1n) is 8.61. The van der Waals surface area contributed by atoms with Gasteiger partial charge in [0, 0.05) is 0 Å². The highest BCUT2D eigenvalue weighted by molar-refractivity contribution is 5.52. The maximum atomic E-state index is 2.40. The van der Waals surface area contributed by atoms with Crippen molar-refractivity contribution in [1.29, 1.82) is 0 Å². The van der Waals surface area contributed by atoms with Crippen molar-refractivity contribution in [2.24, 2.45) is 22.7 Å². The largest absolute Gasteiger partial charge is 0.0622 e. The van der Waals surface area contributed by atoms with Gasteiger partial charge in [-0.05, 0) is 84.9 Å². The van der Waals surface area contributed by atoms with Crippen LogP contribution in [0.3, 0.4) is 0 Å². The highest BCUT2D eigenvalue weighted by Crippen LogP contribution is 2.60. The Morgan fingerprint density at radius 1 is 0.591 bits per heavy atom.